The van der Waals surface area contributed by atoms with E-state index in [4.69, 9.17) is 5.73 Å². The summed E-state index contributed by atoms with van der Waals surface area (Å²) in [6.45, 7) is 4.80. The van der Waals surface area contributed by atoms with Crippen molar-refractivity contribution in [3.05, 3.63) is 33.8 Å². The van der Waals surface area contributed by atoms with Crippen molar-refractivity contribution >= 4 is 21.8 Å². The summed E-state index contributed by atoms with van der Waals surface area (Å²) in [6.07, 6.45) is 0. The molecule has 0 aliphatic rings. The van der Waals surface area contributed by atoms with Gasteiger partial charge in [0.15, 0.2) is 0 Å². The quantitative estimate of drug-likeness (QED) is 0.658. The molecule has 0 saturated carbocycles. The highest BCUT2D eigenvalue weighted by Gasteiger charge is 2.27. The second-order valence-corrected chi connectivity index (χ2v) is 4.97. The standard InChI is InChI=1S/C11H13BrF2N2/c1-6(15)16-11(2,3)10-8(13)4-7(12)5-9(10)14/h4-5H,1-3H3,(H2,15,16). The van der Waals surface area contributed by atoms with Crippen LogP contribution in [0.4, 0.5) is 8.78 Å². The number of halogens is 3. The summed E-state index contributed by atoms with van der Waals surface area (Å²) in [7, 11) is 0. The zero-order valence-electron chi connectivity index (χ0n) is 9.31. The number of hydrogen-bond acceptors (Lipinski definition) is 1. The molecule has 0 atom stereocenters. The van der Waals surface area contributed by atoms with E-state index in [2.05, 4.69) is 20.9 Å². The van der Waals surface area contributed by atoms with Crippen molar-refractivity contribution < 1.29 is 8.78 Å². The fraction of sp³-hybridized carbons (Fsp3) is 0.364. The van der Waals surface area contributed by atoms with E-state index in [1.54, 1.807) is 20.8 Å². The van der Waals surface area contributed by atoms with Crippen molar-refractivity contribution in [1.29, 1.82) is 0 Å². The molecule has 0 aromatic heterocycles. The third-order valence-corrected chi connectivity index (χ3v) is 2.53. The summed E-state index contributed by atoms with van der Waals surface area (Å²) in [5.74, 6) is -0.990. The number of hydrogen-bond donors (Lipinski definition) is 1. The first-order chi connectivity index (χ1) is 7.24. The molecule has 88 valence electrons. The highest BCUT2D eigenvalue weighted by atomic mass is 79.9. The van der Waals surface area contributed by atoms with Gasteiger partial charge in [0.25, 0.3) is 0 Å². The number of amidine groups is 1. The zero-order chi connectivity index (χ0) is 12.5. The van der Waals surface area contributed by atoms with Gasteiger partial charge in [0.05, 0.1) is 16.9 Å². The van der Waals surface area contributed by atoms with E-state index in [0.717, 1.165) is 0 Å². The molecule has 1 aromatic rings. The second-order valence-electron chi connectivity index (χ2n) is 4.06. The van der Waals surface area contributed by atoms with Crippen LogP contribution in [0.2, 0.25) is 0 Å². The number of nitrogens with zero attached hydrogens (tertiary/aromatic N) is 1. The van der Waals surface area contributed by atoms with Crippen molar-refractivity contribution in [2.75, 3.05) is 0 Å². The maximum Gasteiger partial charge on any atom is 0.132 e. The topological polar surface area (TPSA) is 38.4 Å². The Labute approximate surface area is 102 Å². The van der Waals surface area contributed by atoms with E-state index >= 15 is 0 Å². The first-order valence-corrected chi connectivity index (χ1v) is 5.50. The van der Waals surface area contributed by atoms with Gasteiger partial charge in [0.2, 0.25) is 0 Å². The lowest BCUT2D eigenvalue weighted by Crippen LogP contribution is -2.22. The maximum atomic E-state index is 13.7. The Balaban J connectivity index is 3.38. The zero-order valence-corrected chi connectivity index (χ0v) is 10.9. The molecular weight excluding hydrogens is 278 g/mol. The van der Waals surface area contributed by atoms with Crippen LogP contribution in [-0.4, -0.2) is 5.84 Å². The minimum Gasteiger partial charge on any atom is -0.388 e. The van der Waals surface area contributed by atoms with Gasteiger partial charge in [-0.05, 0) is 32.9 Å². The molecule has 0 amide bonds. The minimum absolute atomic E-state index is 0.0829. The first kappa shape index (κ1) is 13.1. The molecular formula is C11H13BrF2N2. The molecule has 0 spiro atoms. The number of benzene rings is 1. The summed E-state index contributed by atoms with van der Waals surface area (Å²) in [6, 6.07) is 2.42. The number of aliphatic imine (C=N–C) groups is 1. The van der Waals surface area contributed by atoms with Gasteiger partial charge in [0.1, 0.15) is 11.6 Å². The Bertz CT molecular complexity index is 415. The molecule has 2 N–H and O–H groups in total. The van der Waals surface area contributed by atoms with Crippen LogP contribution in [0.25, 0.3) is 0 Å². The van der Waals surface area contributed by atoms with Crippen molar-refractivity contribution in [3.8, 4) is 0 Å². The van der Waals surface area contributed by atoms with Crippen molar-refractivity contribution in [2.24, 2.45) is 10.7 Å². The summed E-state index contributed by atoms with van der Waals surface area (Å²) in [5, 5.41) is 0. The van der Waals surface area contributed by atoms with Gasteiger partial charge >= 0.3 is 0 Å². The molecule has 0 fully saturated rings. The molecule has 0 aliphatic heterocycles. The molecule has 16 heavy (non-hydrogen) atoms. The Morgan fingerprint density at radius 1 is 1.31 bits per heavy atom. The van der Waals surface area contributed by atoms with E-state index in [9.17, 15) is 8.78 Å². The molecule has 0 heterocycles. The van der Waals surface area contributed by atoms with Gasteiger partial charge in [-0.1, -0.05) is 15.9 Å². The van der Waals surface area contributed by atoms with E-state index in [-0.39, 0.29) is 11.4 Å². The van der Waals surface area contributed by atoms with Crippen molar-refractivity contribution in [1.82, 2.24) is 0 Å². The molecule has 0 saturated heterocycles. The van der Waals surface area contributed by atoms with Crippen LogP contribution in [-0.2, 0) is 5.54 Å². The first-order valence-electron chi connectivity index (χ1n) is 4.71. The fourth-order valence-corrected chi connectivity index (χ4v) is 2.03. The average Bonchev–Trinajstić information content (AvgIpc) is 1.96. The molecule has 1 rings (SSSR count). The number of rotatable bonds is 2. The minimum atomic E-state index is -1.02. The van der Waals surface area contributed by atoms with Gasteiger partial charge in [-0.25, -0.2) is 8.78 Å². The SMILES string of the molecule is CC(N)=NC(C)(C)c1c(F)cc(Br)cc1F. The maximum absolute atomic E-state index is 13.7. The molecule has 2 nitrogen and oxygen atoms in total. The van der Waals surface area contributed by atoms with E-state index in [0.29, 0.717) is 4.47 Å². The van der Waals surface area contributed by atoms with Crippen LogP contribution in [0, 0.1) is 11.6 Å². The monoisotopic (exact) mass is 290 g/mol. The van der Waals surface area contributed by atoms with Crippen LogP contribution in [0.3, 0.4) is 0 Å². The van der Waals surface area contributed by atoms with Gasteiger partial charge in [-0.2, -0.15) is 0 Å². The third kappa shape index (κ3) is 2.78. The Morgan fingerprint density at radius 2 is 1.75 bits per heavy atom. The molecule has 1 aromatic carbocycles. The van der Waals surface area contributed by atoms with Gasteiger partial charge in [-0.3, -0.25) is 4.99 Å². The normalized spacial score (nSPS) is 13.0. The van der Waals surface area contributed by atoms with Gasteiger partial charge < -0.3 is 5.73 Å². The Morgan fingerprint density at radius 3 is 2.12 bits per heavy atom. The summed E-state index contributed by atoms with van der Waals surface area (Å²) in [4.78, 5) is 4.03. The summed E-state index contributed by atoms with van der Waals surface area (Å²) < 4.78 is 27.7. The van der Waals surface area contributed by atoms with Crippen LogP contribution in [0.5, 0.6) is 0 Å². The van der Waals surface area contributed by atoms with Crippen LogP contribution < -0.4 is 5.73 Å². The highest BCUT2D eigenvalue weighted by Crippen LogP contribution is 2.31. The van der Waals surface area contributed by atoms with E-state index in [1.807, 2.05) is 0 Å². The largest absolute Gasteiger partial charge is 0.388 e. The lowest BCUT2D eigenvalue weighted by atomic mass is 9.94. The van der Waals surface area contributed by atoms with Crippen LogP contribution in [0.1, 0.15) is 26.3 Å². The predicted molar refractivity (Wildman–Crippen MR) is 64.4 cm³/mol. The van der Waals surface area contributed by atoms with Crippen LogP contribution >= 0.6 is 15.9 Å². The fourth-order valence-electron chi connectivity index (χ4n) is 1.62. The summed E-state index contributed by atoms with van der Waals surface area (Å²) >= 11 is 3.02. The number of nitrogens with two attached hydrogens (primary N) is 1. The predicted octanol–water partition coefficient (Wildman–Crippen LogP) is 3.34. The van der Waals surface area contributed by atoms with Gasteiger partial charge in [-0.15, -0.1) is 0 Å². The Kier molecular flexibility index (Phi) is 3.68. The highest BCUT2D eigenvalue weighted by molar-refractivity contribution is 9.10. The lowest BCUT2D eigenvalue weighted by Gasteiger charge is -2.22. The Hall–Kier alpha value is -0.970. The van der Waals surface area contributed by atoms with E-state index in [1.165, 1.54) is 12.1 Å². The average molecular weight is 291 g/mol. The smallest absolute Gasteiger partial charge is 0.132 e. The second kappa shape index (κ2) is 4.49. The molecule has 0 bridgehead atoms. The van der Waals surface area contributed by atoms with Gasteiger partial charge in [0, 0.05) is 4.47 Å². The van der Waals surface area contributed by atoms with Crippen molar-refractivity contribution in [3.63, 3.8) is 0 Å². The van der Waals surface area contributed by atoms with Crippen LogP contribution in [0.15, 0.2) is 21.6 Å². The van der Waals surface area contributed by atoms with Crippen molar-refractivity contribution in [2.45, 2.75) is 26.3 Å². The third-order valence-electron chi connectivity index (χ3n) is 2.07. The molecule has 5 heteroatoms. The molecule has 0 aliphatic carbocycles. The lowest BCUT2D eigenvalue weighted by molar-refractivity contribution is 0.460. The molecule has 0 radical (unpaired) electrons. The molecule has 0 unspecified atom stereocenters. The van der Waals surface area contributed by atoms with E-state index < -0.39 is 17.2 Å². The summed E-state index contributed by atoms with van der Waals surface area (Å²) in [5.41, 5.74) is 4.34.